The topological polar surface area (TPSA) is 52.6 Å². The lowest BCUT2D eigenvalue weighted by Crippen LogP contribution is -2.51. The Kier molecular flexibility index (Phi) is 5.15. The van der Waals surface area contributed by atoms with Gasteiger partial charge in [-0.15, -0.1) is 0 Å². The van der Waals surface area contributed by atoms with Crippen LogP contribution >= 0.6 is 0 Å². The molecule has 7 heteroatoms. The highest BCUT2D eigenvalue weighted by atomic mass is 19.1. The van der Waals surface area contributed by atoms with Gasteiger partial charge in [0.15, 0.2) is 11.6 Å². The number of piperidine rings is 1. The van der Waals surface area contributed by atoms with Crippen molar-refractivity contribution in [2.75, 3.05) is 39.1 Å². The van der Waals surface area contributed by atoms with Crippen molar-refractivity contribution in [3.05, 3.63) is 17.8 Å². The number of anilines is 1. The molecule has 1 saturated heterocycles. The minimum atomic E-state index is -0.341. The number of aromatic nitrogens is 2. The van der Waals surface area contributed by atoms with Crippen molar-refractivity contribution in [2.45, 2.75) is 32.2 Å². The Morgan fingerprint density at radius 3 is 2.77 bits per heavy atom. The fourth-order valence-electron chi connectivity index (χ4n) is 2.80. The van der Waals surface area contributed by atoms with Crippen LogP contribution in [0.15, 0.2) is 6.33 Å². The average molecular weight is 309 g/mol. The monoisotopic (exact) mass is 309 g/mol. The molecule has 1 atom stereocenters. The van der Waals surface area contributed by atoms with Crippen LogP contribution in [0.5, 0.6) is 0 Å². The normalized spacial score (nSPS) is 18.2. The lowest BCUT2D eigenvalue weighted by molar-refractivity contribution is 0.157. The molecule has 0 N–H and O–H groups in total. The molecule has 1 aliphatic rings. The number of carbonyl (C=O) groups is 1. The van der Waals surface area contributed by atoms with Crippen LogP contribution in [0.1, 0.15) is 25.5 Å². The third-order valence-corrected chi connectivity index (χ3v) is 4.11. The van der Waals surface area contributed by atoms with E-state index in [2.05, 4.69) is 9.97 Å². The average Bonchev–Trinajstić information content (AvgIpc) is 2.53. The third-order valence-electron chi connectivity index (χ3n) is 4.11. The van der Waals surface area contributed by atoms with Gasteiger partial charge >= 0.3 is 6.03 Å². The summed E-state index contributed by atoms with van der Waals surface area (Å²) in [5.74, 6) is 0.00879. The number of hydrogen-bond donors (Lipinski definition) is 0. The summed E-state index contributed by atoms with van der Waals surface area (Å²) >= 11 is 0. The molecule has 0 radical (unpaired) electrons. The molecule has 1 aromatic rings. The second-order valence-electron chi connectivity index (χ2n) is 5.84. The highest BCUT2D eigenvalue weighted by Crippen LogP contribution is 2.24. The molecule has 1 aromatic heterocycles. The van der Waals surface area contributed by atoms with E-state index in [4.69, 9.17) is 0 Å². The molecule has 1 aliphatic heterocycles. The molecule has 0 aliphatic carbocycles. The molecule has 6 nitrogen and oxygen atoms in total. The Morgan fingerprint density at radius 2 is 2.14 bits per heavy atom. The number of hydrogen-bond acceptors (Lipinski definition) is 4. The van der Waals surface area contributed by atoms with E-state index in [0.717, 1.165) is 19.4 Å². The van der Waals surface area contributed by atoms with Crippen molar-refractivity contribution in [3.63, 3.8) is 0 Å². The molecule has 1 unspecified atom stereocenters. The lowest BCUT2D eigenvalue weighted by atomic mass is 10.0. The van der Waals surface area contributed by atoms with Gasteiger partial charge in [-0.1, -0.05) is 6.92 Å². The van der Waals surface area contributed by atoms with E-state index < -0.39 is 0 Å². The fourth-order valence-corrected chi connectivity index (χ4v) is 2.80. The van der Waals surface area contributed by atoms with E-state index in [-0.39, 0.29) is 17.9 Å². The Balaban J connectivity index is 2.16. The molecule has 0 aromatic carbocycles. The van der Waals surface area contributed by atoms with Gasteiger partial charge in [0.25, 0.3) is 0 Å². The standard InChI is InChI=1S/C15H24FN5O/c1-5-12-13(16)14(18-10-17-12)21-8-6-7-11(9-21)20(4)15(22)19(2)3/h10-11H,5-9H2,1-4H3. The maximum atomic E-state index is 14.4. The Bertz CT molecular complexity index is 537. The fraction of sp³-hybridized carbons (Fsp3) is 0.667. The number of halogens is 1. The second kappa shape index (κ2) is 6.89. The summed E-state index contributed by atoms with van der Waals surface area (Å²) in [6, 6.07) is 0.0207. The quantitative estimate of drug-likeness (QED) is 0.854. The highest BCUT2D eigenvalue weighted by molar-refractivity contribution is 5.74. The maximum Gasteiger partial charge on any atom is 0.319 e. The van der Waals surface area contributed by atoms with Crippen LogP contribution in [-0.2, 0) is 6.42 Å². The van der Waals surface area contributed by atoms with Crippen molar-refractivity contribution < 1.29 is 9.18 Å². The minimum Gasteiger partial charge on any atom is -0.352 e. The largest absolute Gasteiger partial charge is 0.352 e. The van der Waals surface area contributed by atoms with Gasteiger partial charge in [-0.25, -0.2) is 19.2 Å². The molecule has 2 amide bonds. The van der Waals surface area contributed by atoms with Gasteiger partial charge in [-0.3, -0.25) is 0 Å². The predicted octanol–water partition coefficient (Wildman–Crippen LogP) is 1.76. The number of carbonyl (C=O) groups excluding carboxylic acids is 1. The lowest BCUT2D eigenvalue weighted by Gasteiger charge is -2.39. The van der Waals surface area contributed by atoms with Crippen LogP contribution in [0, 0.1) is 5.82 Å². The van der Waals surface area contributed by atoms with Crippen LogP contribution in [0.4, 0.5) is 15.0 Å². The van der Waals surface area contributed by atoms with Crippen LogP contribution in [0.25, 0.3) is 0 Å². The van der Waals surface area contributed by atoms with Crippen molar-refractivity contribution in [2.24, 2.45) is 0 Å². The van der Waals surface area contributed by atoms with Crippen LogP contribution in [0.3, 0.4) is 0 Å². The van der Waals surface area contributed by atoms with Crippen molar-refractivity contribution >= 4 is 11.8 Å². The van der Waals surface area contributed by atoms with E-state index in [9.17, 15) is 9.18 Å². The molecule has 122 valence electrons. The first-order chi connectivity index (χ1) is 10.5. The van der Waals surface area contributed by atoms with Gasteiger partial charge in [0, 0.05) is 34.2 Å². The molecule has 0 spiro atoms. The Labute approximate surface area is 130 Å². The van der Waals surface area contributed by atoms with Crippen molar-refractivity contribution in [1.82, 2.24) is 19.8 Å². The van der Waals surface area contributed by atoms with Gasteiger partial charge in [0.2, 0.25) is 0 Å². The molecule has 0 saturated carbocycles. The first-order valence-corrected chi connectivity index (χ1v) is 7.64. The first-order valence-electron chi connectivity index (χ1n) is 7.64. The summed E-state index contributed by atoms with van der Waals surface area (Å²) in [6.07, 6.45) is 3.77. The molecular weight excluding hydrogens is 285 g/mol. The Hall–Kier alpha value is -1.92. The predicted molar refractivity (Wildman–Crippen MR) is 83.4 cm³/mol. The number of rotatable bonds is 3. The number of nitrogens with zero attached hydrogens (tertiary/aromatic N) is 5. The highest BCUT2D eigenvalue weighted by Gasteiger charge is 2.29. The first kappa shape index (κ1) is 16.5. The second-order valence-corrected chi connectivity index (χ2v) is 5.84. The summed E-state index contributed by atoms with van der Waals surface area (Å²) in [5.41, 5.74) is 0.435. The number of aryl methyl sites for hydroxylation is 1. The van der Waals surface area contributed by atoms with Gasteiger partial charge in [-0.05, 0) is 19.3 Å². The zero-order chi connectivity index (χ0) is 16.3. The summed E-state index contributed by atoms with van der Waals surface area (Å²) < 4.78 is 14.4. The molecular formula is C15H24FN5O. The summed E-state index contributed by atoms with van der Waals surface area (Å²) in [6.45, 7) is 3.21. The van der Waals surface area contributed by atoms with E-state index >= 15 is 0 Å². The minimum absolute atomic E-state index is 0.0377. The van der Waals surface area contributed by atoms with E-state index in [1.807, 2.05) is 11.8 Å². The van der Waals surface area contributed by atoms with E-state index in [1.165, 1.54) is 6.33 Å². The number of likely N-dealkylation sites (N-methyl/N-ethyl adjacent to an activating group) is 1. The summed E-state index contributed by atoms with van der Waals surface area (Å²) in [7, 11) is 5.26. The van der Waals surface area contributed by atoms with Crippen LogP contribution in [0.2, 0.25) is 0 Å². The summed E-state index contributed by atoms with van der Waals surface area (Å²) in [5, 5.41) is 0. The van der Waals surface area contributed by atoms with Crippen molar-refractivity contribution in [1.29, 1.82) is 0 Å². The summed E-state index contributed by atoms with van der Waals surface area (Å²) in [4.78, 5) is 25.4. The van der Waals surface area contributed by atoms with Gasteiger partial charge in [0.05, 0.1) is 11.7 Å². The zero-order valence-electron chi connectivity index (χ0n) is 13.7. The van der Waals surface area contributed by atoms with Gasteiger partial charge in [0.1, 0.15) is 6.33 Å². The maximum absolute atomic E-state index is 14.4. The van der Waals surface area contributed by atoms with Gasteiger partial charge < -0.3 is 14.7 Å². The molecule has 0 bridgehead atoms. The SMILES string of the molecule is CCc1ncnc(N2CCCC(N(C)C(=O)N(C)C)C2)c1F. The molecule has 2 heterocycles. The molecule has 2 rings (SSSR count). The Morgan fingerprint density at radius 1 is 1.41 bits per heavy atom. The van der Waals surface area contributed by atoms with Crippen LogP contribution in [-0.4, -0.2) is 66.1 Å². The van der Waals surface area contributed by atoms with E-state index in [0.29, 0.717) is 24.5 Å². The molecule has 22 heavy (non-hydrogen) atoms. The zero-order valence-corrected chi connectivity index (χ0v) is 13.7. The van der Waals surface area contributed by atoms with Crippen molar-refractivity contribution in [3.8, 4) is 0 Å². The molecule has 1 fully saturated rings. The third kappa shape index (κ3) is 3.28. The van der Waals surface area contributed by atoms with E-state index in [1.54, 1.807) is 30.9 Å². The number of amides is 2. The number of urea groups is 1. The van der Waals surface area contributed by atoms with Crippen LogP contribution < -0.4 is 4.90 Å². The smallest absolute Gasteiger partial charge is 0.319 e. The van der Waals surface area contributed by atoms with Gasteiger partial charge in [-0.2, -0.15) is 0 Å².